The SMILES string of the molecule is CCCCOCCNCc1ccc(C(C)(C)C)cc1. The molecule has 1 aromatic carbocycles. The quantitative estimate of drug-likeness (QED) is 0.718. The fourth-order valence-electron chi connectivity index (χ4n) is 1.85. The van der Waals surface area contributed by atoms with Crippen molar-refractivity contribution in [2.24, 2.45) is 0 Å². The van der Waals surface area contributed by atoms with Gasteiger partial charge in [0.05, 0.1) is 6.61 Å². The molecule has 0 aromatic heterocycles. The number of nitrogens with one attached hydrogen (secondary N) is 1. The van der Waals surface area contributed by atoms with Crippen molar-refractivity contribution in [1.29, 1.82) is 0 Å². The fraction of sp³-hybridized carbons (Fsp3) is 0.647. The number of hydrogen-bond donors (Lipinski definition) is 1. The summed E-state index contributed by atoms with van der Waals surface area (Å²) in [4.78, 5) is 0. The zero-order chi connectivity index (χ0) is 14.1. The van der Waals surface area contributed by atoms with Gasteiger partial charge in [-0.3, -0.25) is 0 Å². The average molecular weight is 263 g/mol. The van der Waals surface area contributed by atoms with Gasteiger partial charge >= 0.3 is 0 Å². The van der Waals surface area contributed by atoms with Crippen LogP contribution in [0, 0.1) is 0 Å². The standard InChI is InChI=1S/C17H29NO/c1-5-6-12-19-13-11-18-14-15-7-9-16(10-8-15)17(2,3)4/h7-10,18H,5-6,11-14H2,1-4H3. The van der Waals surface area contributed by atoms with Crippen LogP contribution >= 0.6 is 0 Å². The molecule has 1 N–H and O–H groups in total. The van der Waals surface area contributed by atoms with Crippen molar-refractivity contribution < 1.29 is 4.74 Å². The summed E-state index contributed by atoms with van der Waals surface area (Å²) in [5, 5.41) is 3.41. The van der Waals surface area contributed by atoms with Gasteiger partial charge in [-0.2, -0.15) is 0 Å². The Morgan fingerprint density at radius 3 is 2.32 bits per heavy atom. The zero-order valence-electron chi connectivity index (χ0n) is 13.0. The summed E-state index contributed by atoms with van der Waals surface area (Å²) >= 11 is 0. The molecule has 0 bridgehead atoms. The summed E-state index contributed by atoms with van der Waals surface area (Å²) in [7, 11) is 0. The Balaban J connectivity index is 2.20. The highest BCUT2D eigenvalue weighted by Crippen LogP contribution is 2.21. The molecule has 1 rings (SSSR count). The minimum Gasteiger partial charge on any atom is -0.380 e. The van der Waals surface area contributed by atoms with Crippen LogP contribution in [0.5, 0.6) is 0 Å². The van der Waals surface area contributed by atoms with Crippen LogP contribution in [0.3, 0.4) is 0 Å². The summed E-state index contributed by atoms with van der Waals surface area (Å²) in [5.41, 5.74) is 2.96. The number of ether oxygens (including phenoxy) is 1. The van der Waals surface area contributed by atoms with E-state index in [4.69, 9.17) is 4.74 Å². The van der Waals surface area contributed by atoms with Gasteiger partial charge in [-0.05, 0) is 23.0 Å². The first kappa shape index (κ1) is 16.2. The molecular weight excluding hydrogens is 234 g/mol. The van der Waals surface area contributed by atoms with Gasteiger partial charge in [0, 0.05) is 19.7 Å². The van der Waals surface area contributed by atoms with E-state index in [0.29, 0.717) is 0 Å². The smallest absolute Gasteiger partial charge is 0.0591 e. The van der Waals surface area contributed by atoms with Gasteiger partial charge in [0.15, 0.2) is 0 Å². The maximum absolute atomic E-state index is 5.51. The van der Waals surface area contributed by atoms with E-state index in [1.54, 1.807) is 0 Å². The van der Waals surface area contributed by atoms with Crippen LogP contribution in [-0.2, 0) is 16.7 Å². The highest BCUT2D eigenvalue weighted by molar-refractivity contribution is 5.27. The van der Waals surface area contributed by atoms with Crippen LogP contribution in [0.1, 0.15) is 51.7 Å². The molecule has 0 aliphatic carbocycles. The molecule has 1 aromatic rings. The lowest BCUT2D eigenvalue weighted by atomic mass is 9.87. The predicted octanol–water partition coefficient (Wildman–Crippen LogP) is 3.89. The van der Waals surface area contributed by atoms with E-state index in [9.17, 15) is 0 Å². The number of unbranched alkanes of at least 4 members (excludes halogenated alkanes) is 1. The first-order valence-electron chi connectivity index (χ1n) is 7.42. The van der Waals surface area contributed by atoms with E-state index in [-0.39, 0.29) is 5.41 Å². The molecule has 0 amide bonds. The third-order valence-electron chi connectivity index (χ3n) is 3.21. The molecule has 0 saturated heterocycles. The van der Waals surface area contributed by atoms with Gasteiger partial charge in [0.2, 0.25) is 0 Å². The second-order valence-electron chi connectivity index (χ2n) is 6.09. The van der Waals surface area contributed by atoms with E-state index in [2.05, 4.69) is 57.3 Å². The van der Waals surface area contributed by atoms with Gasteiger partial charge in [0.25, 0.3) is 0 Å². The Kier molecular flexibility index (Phi) is 7.11. The Hall–Kier alpha value is -0.860. The van der Waals surface area contributed by atoms with Gasteiger partial charge < -0.3 is 10.1 Å². The molecule has 0 atom stereocenters. The minimum atomic E-state index is 0.235. The van der Waals surface area contributed by atoms with Crippen LogP contribution in [0.4, 0.5) is 0 Å². The molecule has 0 spiro atoms. The summed E-state index contributed by atoms with van der Waals surface area (Å²) in [6.07, 6.45) is 2.36. The van der Waals surface area contributed by atoms with Crippen molar-refractivity contribution >= 4 is 0 Å². The van der Waals surface area contributed by atoms with E-state index in [0.717, 1.165) is 32.7 Å². The van der Waals surface area contributed by atoms with Crippen molar-refractivity contribution in [2.45, 2.75) is 52.5 Å². The lowest BCUT2D eigenvalue weighted by Crippen LogP contribution is -2.19. The molecule has 0 heterocycles. The van der Waals surface area contributed by atoms with Gasteiger partial charge in [-0.15, -0.1) is 0 Å². The number of rotatable bonds is 8. The van der Waals surface area contributed by atoms with Gasteiger partial charge in [0.1, 0.15) is 0 Å². The average Bonchev–Trinajstić information content (AvgIpc) is 2.37. The van der Waals surface area contributed by atoms with Gasteiger partial charge in [-0.25, -0.2) is 0 Å². The molecular formula is C17H29NO. The van der Waals surface area contributed by atoms with Crippen molar-refractivity contribution in [3.63, 3.8) is 0 Å². The van der Waals surface area contributed by atoms with Crippen LogP contribution < -0.4 is 5.32 Å². The summed E-state index contributed by atoms with van der Waals surface area (Å²) in [6.45, 7) is 12.4. The summed E-state index contributed by atoms with van der Waals surface area (Å²) in [6, 6.07) is 8.89. The highest BCUT2D eigenvalue weighted by atomic mass is 16.5. The van der Waals surface area contributed by atoms with Crippen molar-refractivity contribution in [2.75, 3.05) is 19.8 Å². The molecule has 0 aliphatic heterocycles. The minimum absolute atomic E-state index is 0.235. The Labute approximate surface area is 118 Å². The summed E-state index contributed by atoms with van der Waals surface area (Å²) in [5.74, 6) is 0. The van der Waals surface area contributed by atoms with E-state index in [1.165, 1.54) is 17.5 Å². The third kappa shape index (κ3) is 6.74. The van der Waals surface area contributed by atoms with E-state index >= 15 is 0 Å². The monoisotopic (exact) mass is 263 g/mol. The van der Waals surface area contributed by atoms with Crippen LogP contribution in [0.25, 0.3) is 0 Å². The lowest BCUT2D eigenvalue weighted by molar-refractivity contribution is 0.133. The number of benzene rings is 1. The molecule has 0 aliphatic rings. The molecule has 0 radical (unpaired) electrons. The van der Waals surface area contributed by atoms with Crippen LogP contribution in [-0.4, -0.2) is 19.8 Å². The Bertz CT molecular complexity index is 337. The molecule has 19 heavy (non-hydrogen) atoms. The van der Waals surface area contributed by atoms with Crippen molar-refractivity contribution in [1.82, 2.24) is 5.32 Å². The normalized spacial score (nSPS) is 11.8. The Morgan fingerprint density at radius 1 is 1.05 bits per heavy atom. The molecule has 0 unspecified atom stereocenters. The molecule has 0 saturated carbocycles. The second kappa shape index (κ2) is 8.34. The first-order valence-corrected chi connectivity index (χ1v) is 7.42. The number of hydrogen-bond acceptors (Lipinski definition) is 2. The van der Waals surface area contributed by atoms with E-state index < -0.39 is 0 Å². The zero-order valence-corrected chi connectivity index (χ0v) is 13.0. The molecule has 2 heteroatoms. The highest BCUT2D eigenvalue weighted by Gasteiger charge is 2.12. The molecule has 108 valence electrons. The van der Waals surface area contributed by atoms with Crippen LogP contribution in [0.15, 0.2) is 24.3 Å². The van der Waals surface area contributed by atoms with Gasteiger partial charge in [-0.1, -0.05) is 58.4 Å². The Morgan fingerprint density at radius 2 is 1.74 bits per heavy atom. The maximum atomic E-state index is 5.51. The third-order valence-corrected chi connectivity index (χ3v) is 3.21. The first-order chi connectivity index (χ1) is 9.04. The van der Waals surface area contributed by atoms with Crippen molar-refractivity contribution in [3.8, 4) is 0 Å². The van der Waals surface area contributed by atoms with E-state index in [1.807, 2.05) is 0 Å². The maximum Gasteiger partial charge on any atom is 0.0591 e. The van der Waals surface area contributed by atoms with Crippen molar-refractivity contribution in [3.05, 3.63) is 35.4 Å². The summed E-state index contributed by atoms with van der Waals surface area (Å²) < 4.78 is 5.51. The lowest BCUT2D eigenvalue weighted by Gasteiger charge is -2.19. The van der Waals surface area contributed by atoms with Crippen LogP contribution in [0.2, 0.25) is 0 Å². The molecule has 0 fully saturated rings. The second-order valence-corrected chi connectivity index (χ2v) is 6.09. The topological polar surface area (TPSA) is 21.3 Å². The largest absolute Gasteiger partial charge is 0.380 e. The fourth-order valence-corrected chi connectivity index (χ4v) is 1.85. The predicted molar refractivity (Wildman–Crippen MR) is 82.6 cm³/mol. The molecule has 2 nitrogen and oxygen atoms in total.